The summed E-state index contributed by atoms with van der Waals surface area (Å²) in [5.74, 6) is 0.972. The van der Waals surface area contributed by atoms with Gasteiger partial charge in [0.25, 0.3) is 0 Å². The maximum absolute atomic E-state index is 13.1. The number of phosphoric acid groups is 2. The lowest BCUT2D eigenvalue weighted by Gasteiger charge is -2.21. The summed E-state index contributed by atoms with van der Waals surface area (Å²) in [4.78, 5) is 72.9. The molecule has 0 aromatic carbocycles. The van der Waals surface area contributed by atoms with Crippen molar-refractivity contribution in [3.05, 3.63) is 0 Å². The van der Waals surface area contributed by atoms with E-state index < -0.39 is 97.5 Å². The molecule has 0 amide bonds. The van der Waals surface area contributed by atoms with Crippen LogP contribution in [0, 0.1) is 23.7 Å². The van der Waals surface area contributed by atoms with Gasteiger partial charge in [-0.15, -0.1) is 0 Å². The van der Waals surface area contributed by atoms with E-state index in [1.807, 2.05) is 0 Å². The first-order valence-corrected chi connectivity index (χ1v) is 44.7. The first kappa shape index (κ1) is 98.1. The molecule has 3 N–H and O–H groups in total. The molecule has 0 fully saturated rings. The van der Waals surface area contributed by atoms with Crippen LogP contribution >= 0.6 is 15.6 Å². The average Bonchev–Trinajstić information content (AvgIpc) is 0.940. The second-order valence-corrected chi connectivity index (χ2v) is 33.7. The highest BCUT2D eigenvalue weighted by molar-refractivity contribution is 7.47. The van der Waals surface area contributed by atoms with Crippen LogP contribution in [0.2, 0.25) is 0 Å². The highest BCUT2D eigenvalue weighted by Crippen LogP contribution is 2.45. The van der Waals surface area contributed by atoms with Crippen LogP contribution in [0.3, 0.4) is 0 Å². The first-order valence-electron chi connectivity index (χ1n) is 41.7. The fourth-order valence-electron chi connectivity index (χ4n) is 12.4. The van der Waals surface area contributed by atoms with Crippen molar-refractivity contribution in [2.45, 2.75) is 433 Å². The highest BCUT2D eigenvalue weighted by Gasteiger charge is 2.30. The molecular weight excluding hydrogens is 1310 g/mol. The minimum atomic E-state index is -4.96. The van der Waals surface area contributed by atoms with Crippen LogP contribution in [0.25, 0.3) is 0 Å². The van der Waals surface area contributed by atoms with Crippen molar-refractivity contribution in [2.75, 3.05) is 39.6 Å². The zero-order chi connectivity index (χ0) is 73.8. The van der Waals surface area contributed by atoms with Gasteiger partial charge in [0.2, 0.25) is 0 Å². The number of hydrogen-bond acceptors (Lipinski definition) is 15. The maximum Gasteiger partial charge on any atom is 0.472 e. The lowest BCUT2D eigenvalue weighted by molar-refractivity contribution is -0.161. The number of ether oxygens (including phenoxy) is 4. The van der Waals surface area contributed by atoms with Gasteiger partial charge in [0.05, 0.1) is 26.4 Å². The zero-order valence-electron chi connectivity index (χ0n) is 65.8. The fraction of sp³-hybridized carbons (Fsp3) is 0.951. The molecular formula is C81H158O17P2. The number of aliphatic hydroxyl groups is 1. The lowest BCUT2D eigenvalue weighted by Crippen LogP contribution is -2.30. The van der Waals surface area contributed by atoms with Crippen molar-refractivity contribution in [3.8, 4) is 0 Å². The molecule has 0 aromatic rings. The molecule has 0 saturated carbocycles. The molecule has 0 heterocycles. The molecule has 6 atom stereocenters. The smallest absolute Gasteiger partial charge is 0.462 e. The van der Waals surface area contributed by atoms with Gasteiger partial charge in [-0.2, -0.15) is 0 Å². The molecule has 3 unspecified atom stereocenters. The molecule has 17 nitrogen and oxygen atoms in total. The van der Waals surface area contributed by atoms with Gasteiger partial charge in [-0.25, -0.2) is 9.13 Å². The van der Waals surface area contributed by atoms with Crippen molar-refractivity contribution < 1.29 is 80.2 Å². The number of hydrogen-bond donors (Lipinski definition) is 3. The minimum absolute atomic E-state index is 0.106. The Balaban J connectivity index is 5.18. The van der Waals surface area contributed by atoms with E-state index in [1.165, 1.54) is 212 Å². The van der Waals surface area contributed by atoms with Crippen LogP contribution < -0.4 is 0 Å². The number of phosphoric ester groups is 2. The Labute approximate surface area is 613 Å². The summed E-state index contributed by atoms with van der Waals surface area (Å²) in [6.45, 7) is 14.2. The van der Waals surface area contributed by atoms with E-state index in [2.05, 4.69) is 55.4 Å². The summed E-state index contributed by atoms with van der Waals surface area (Å²) in [5, 5.41) is 10.6. The summed E-state index contributed by atoms with van der Waals surface area (Å²) in [5.41, 5.74) is 0. The Kier molecular flexibility index (Phi) is 68.7. The van der Waals surface area contributed by atoms with Crippen molar-refractivity contribution in [2.24, 2.45) is 23.7 Å². The van der Waals surface area contributed by atoms with Crippen molar-refractivity contribution in [3.63, 3.8) is 0 Å². The van der Waals surface area contributed by atoms with E-state index in [1.54, 1.807) is 0 Å². The zero-order valence-corrected chi connectivity index (χ0v) is 67.6. The van der Waals surface area contributed by atoms with Crippen LogP contribution in [0.1, 0.15) is 415 Å². The van der Waals surface area contributed by atoms with E-state index >= 15 is 0 Å². The normalized spacial score (nSPS) is 14.3. The van der Waals surface area contributed by atoms with E-state index in [4.69, 9.17) is 37.0 Å². The molecule has 0 radical (unpaired) electrons. The Morgan fingerprint density at radius 3 is 0.710 bits per heavy atom. The van der Waals surface area contributed by atoms with Gasteiger partial charge in [0.1, 0.15) is 19.3 Å². The summed E-state index contributed by atoms with van der Waals surface area (Å²) < 4.78 is 68.6. The molecule has 0 saturated heterocycles. The van der Waals surface area contributed by atoms with Gasteiger partial charge in [-0.1, -0.05) is 364 Å². The first-order chi connectivity index (χ1) is 48.1. The van der Waals surface area contributed by atoms with Crippen LogP contribution in [0.15, 0.2) is 0 Å². The summed E-state index contributed by atoms with van der Waals surface area (Å²) >= 11 is 0. The molecule has 0 aliphatic rings. The second-order valence-electron chi connectivity index (χ2n) is 30.8. The largest absolute Gasteiger partial charge is 0.472 e. The molecule has 0 rings (SSSR count). The van der Waals surface area contributed by atoms with E-state index in [0.717, 1.165) is 114 Å². The standard InChI is InChI=1S/C81H158O17P2/c1-9-74(8)60-52-44-35-29-23-19-14-12-10-11-13-15-20-24-30-37-47-55-63-80(85)97-76(67-91-78(83)61-53-45-36-32-26-28-34-42-50-58-72(4)5)69-95-99(87,88)93-65-75(82)66-94-100(89,90)96-70-77(68-92-79(84)62-54-46-40-39-43-51-59-73(6)7)98-81(86)64-56-48-38-31-25-21-17-16-18-22-27-33-41-49-57-71(2)3/h71-77,82H,9-70H2,1-8H3,(H,87,88)(H,89,90)/t74?,75-,76-,77-/m1/s1. The van der Waals surface area contributed by atoms with E-state index in [-0.39, 0.29) is 25.7 Å². The van der Waals surface area contributed by atoms with E-state index in [9.17, 15) is 43.2 Å². The molecule has 0 spiro atoms. The molecule has 594 valence electrons. The number of carbonyl (C=O) groups is 4. The maximum atomic E-state index is 13.1. The average molecular weight is 1470 g/mol. The summed E-state index contributed by atoms with van der Waals surface area (Å²) in [7, 11) is -9.92. The van der Waals surface area contributed by atoms with Crippen LogP contribution in [0.4, 0.5) is 0 Å². The van der Waals surface area contributed by atoms with Crippen molar-refractivity contribution in [1.29, 1.82) is 0 Å². The highest BCUT2D eigenvalue weighted by atomic mass is 31.2. The van der Waals surface area contributed by atoms with Crippen molar-refractivity contribution >= 4 is 39.5 Å². The molecule has 0 aromatic heterocycles. The van der Waals surface area contributed by atoms with Crippen LogP contribution in [-0.4, -0.2) is 96.7 Å². The fourth-order valence-corrected chi connectivity index (χ4v) is 14.0. The molecule has 0 bridgehead atoms. The molecule has 0 aliphatic heterocycles. The SMILES string of the molecule is CCC(C)CCCCCCCCCCCCCCCCCCCCC(=O)O[C@H](COC(=O)CCCCCCCCCCCC(C)C)COP(=O)(O)OC[C@@H](O)COP(=O)(O)OC[C@@H](COC(=O)CCCCCCCCC(C)C)OC(=O)CCCCCCCCCCCCCCCCC(C)C. The minimum Gasteiger partial charge on any atom is -0.462 e. The van der Waals surface area contributed by atoms with Gasteiger partial charge in [0, 0.05) is 25.7 Å². The third kappa shape index (κ3) is 73.0. The van der Waals surface area contributed by atoms with Crippen LogP contribution in [0.5, 0.6) is 0 Å². The monoisotopic (exact) mass is 1470 g/mol. The Hall–Kier alpha value is -1.94. The Bertz CT molecular complexity index is 1960. The molecule has 0 aliphatic carbocycles. The van der Waals surface area contributed by atoms with Gasteiger partial charge in [0.15, 0.2) is 12.2 Å². The predicted octanol–water partition coefficient (Wildman–Crippen LogP) is 24.0. The number of unbranched alkanes of at least 4 members (excludes halogenated alkanes) is 43. The Morgan fingerprint density at radius 1 is 0.280 bits per heavy atom. The predicted molar refractivity (Wildman–Crippen MR) is 409 cm³/mol. The quantitative estimate of drug-likeness (QED) is 0.0222. The summed E-state index contributed by atoms with van der Waals surface area (Å²) in [6.07, 6.45) is 57.1. The van der Waals surface area contributed by atoms with Gasteiger partial charge in [-0.3, -0.25) is 37.3 Å². The molecule has 19 heteroatoms. The van der Waals surface area contributed by atoms with E-state index in [0.29, 0.717) is 31.6 Å². The molecule has 100 heavy (non-hydrogen) atoms. The number of rotatable bonds is 78. The number of aliphatic hydroxyl groups excluding tert-OH is 1. The Morgan fingerprint density at radius 2 is 0.480 bits per heavy atom. The van der Waals surface area contributed by atoms with Gasteiger partial charge in [-0.05, 0) is 49.4 Å². The van der Waals surface area contributed by atoms with Gasteiger partial charge >= 0.3 is 39.5 Å². The number of carbonyl (C=O) groups excluding carboxylic acids is 4. The van der Waals surface area contributed by atoms with Gasteiger partial charge < -0.3 is 33.8 Å². The van der Waals surface area contributed by atoms with Crippen LogP contribution in [-0.2, 0) is 65.4 Å². The third-order valence-corrected chi connectivity index (χ3v) is 21.1. The lowest BCUT2D eigenvalue weighted by atomic mass is 9.99. The number of esters is 4. The van der Waals surface area contributed by atoms with Crippen molar-refractivity contribution in [1.82, 2.24) is 0 Å². The third-order valence-electron chi connectivity index (χ3n) is 19.2. The second kappa shape index (κ2) is 70.1. The topological polar surface area (TPSA) is 237 Å². The summed E-state index contributed by atoms with van der Waals surface area (Å²) in [6, 6.07) is 0.